The van der Waals surface area contributed by atoms with E-state index in [1.54, 1.807) is 0 Å². The van der Waals surface area contributed by atoms with Crippen LogP contribution in [0, 0.1) is 0 Å². The molecule has 0 radical (unpaired) electrons. The highest BCUT2D eigenvalue weighted by Crippen LogP contribution is 2.10. The predicted molar refractivity (Wildman–Crippen MR) is 81.2 cm³/mol. The van der Waals surface area contributed by atoms with Crippen LogP contribution in [0.4, 0.5) is 0 Å². The number of amides is 1. The van der Waals surface area contributed by atoms with Crippen molar-refractivity contribution in [2.24, 2.45) is 0 Å². The van der Waals surface area contributed by atoms with Gasteiger partial charge in [-0.15, -0.1) is 0 Å². The van der Waals surface area contributed by atoms with Crippen LogP contribution in [0.25, 0.3) is 0 Å². The Morgan fingerprint density at radius 3 is 2.41 bits per heavy atom. The van der Waals surface area contributed by atoms with Gasteiger partial charge in [0.25, 0.3) is 0 Å². The maximum absolute atomic E-state index is 12.2. The van der Waals surface area contributed by atoms with Crippen LogP contribution < -0.4 is 0 Å². The standard InChI is InChI=1S/C15H25N5O2/c1-2-13-16-14(22-17-13)11-18-7-9-19(10-8-18)12-15(21)20-5-3-4-6-20/h2-12H2,1H3. The van der Waals surface area contributed by atoms with Gasteiger partial charge in [0.05, 0.1) is 13.1 Å². The van der Waals surface area contributed by atoms with E-state index in [4.69, 9.17) is 4.52 Å². The molecule has 2 fully saturated rings. The number of piperazine rings is 1. The summed E-state index contributed by atoms with van der Waals surface area (Å²) in [6.07, 6.45) is 3.11. The van der Waals surface area contributed by atoms with E-state index in [1.165, 1.54) is 0 Å². The molecule has 0 unspecified atom stereocenters. The Kier molecular flexibility index (Phi) is 5.04. The molecule has 122 valence electrons. The van der Waals surface area contributed by atoms with Crippen molar-refractivity contribution in [3.8, 4) is 0 Å². The van der Waals surface area contributed by atoms with Crippen LogP contribution in [-0.2, 0) is 17.8 Å². The lowest BCUT2D eigenvalue weighted by molar-refractivity contribution is -0.131. The van der Waals surface area contributed by atoms with E-state index >= 15 is 0 Å². The van der Waals surface area contributed by atoms with Gasteiger partial charge in [0.1, 0.15) is 0 Å². The normalized spacial score (nSPS) is 20.7. The minimum Gasteiger partial charge on any atom is -0.342 e. The fourth-order valence-corrected chi connectivity index (χ4v) is 3.05. The number of aromatic nitrogens is 2. The smallest absolute Gasteiger partial charge is 0.240 e. The molecule has 2 saturated heterocycles. The van der Waals surface area contributed by atoms with Crippen LogP contribution in [-0.4, -0.2) is 76.6 Å². The minimum absolute atomic E-state index is 0.287. The Morgan fingerprint density at radius 1 is 1.09 bits per heavy atom. The number of carbonyl (C=O) groups excluding carboxylic acids is 1. The Morgan fingerprint density at radius 2 is 1.77 bits per heavy atom. The number of likely N-dealkylation sites (tertiary alicyclic amines) is 1. The Hall–Kier alpha value is -1.47. The number of carbonyl (C=O) groups is 1. The summed E-state index contributed by atoms with van der Waals surface area (Å²) in [5.74, 6) is 1.75. The quantitative estimate of drug-likeness (QED) is 0.783. The average Bonchev–Trinajstić information content (AvgIpc) is 3.20. The summed E-state index contributed by atoms with van der Waals surface area (Å²) in [5, 5.41) is 3.93. The second kappa shape index (κ2) is 7.19. The van der Waals surface area contributed by atoms with Gasteiger partial charge in [0.15, 0.2) is 5.82 Å². The lowest BCUT2D eigenvalue weighted by Gasteiger charge is -2.34. The van der Waals surface area contributed by atoms with Crippen LogP contribution in [0.5, 0.6) is 0 Å². The van der Waals surface area contributed by atoms with Crippen molar-refractivity contribution in [3.63, 3.8) is 0 Å². The van der Waals surface area contributed by atoms with E-state index in [0.29, 0.717) is 19.0 Å². The molecule has 0 bridgehead atoms. The Balaban J connectivity index is 1.41. The molecule has 0 N–H and O–H groups in total. The van der Waals surface area contributed by atoms with Gasteiger partial charge in [0.2, 0.25) is 11.8 Å². The van der Waals surface area contributed by atoms with Crippen LogP contribution in [0.3, 0.4) is 0 Å². The van der Waals surface area contributed by atoms with Crippen LogP contribution >= 0.6 is 0 Å². The number of rotatable bonds is 5. The van der Waals surface area contributed by atoms with Crippen molar-refractivity contribution in [2.45, 2.75) is 32.7 Å². The lowest BCUT2D eigenvalue weighted by atomic mass is 10.3. The molecule has 2 aliphatic heterocycles. The van der Waals surface area contributed by atoms with Crippen molar-refractivity contribution in [2.75, 3.05) is 45.8 Å². The lowest BCUT2D eigenvalue weighted by Crippen LogP contribution is -2.49. The van der Waals surface area contributed by atoms with Crippen LogP contribution in [0.2, 0.25) is 0 Å². The molecule has 0 aliphatic carbocycles. The molecular weight excluding hydrogens is 282 g/mol. The summed E-state index contributed by atoms with van der Waals surface area (Å²) >= 11 is 0. The molecular formula is C15H25N5O2. The molecule has 3 heterocycles. The second-order valence-electron chi connectivity index (χ2n) is 6.10. The predicted octanol–water partition coefficient (Wildman–Crippen LogP) is 0.372. The van der Waals surface area contributed by atoms with E-state index in [-0.39, 0.29) is 5.91 Å². The zero-order chi connectivity index (χ0) is 15.4. The molecule has 0 aromatic carbocycles. The van der Waals surface area contributed by atoms with E-state index in [0.717, 1.165) is 64.4 Å². The van der Waals surface area contributed by atoms with Crippen molar-refractivity contribution in [3.05, 3.63) is 11.7 Å². The van der Waals surface area contributed by atoms with E-state index in [1.807, 2.05) is 11.8 Å². The molecule has 3 rings (SSSR count). The third-order valence-corrected chi connectivity index (χ3v) is 4.47. The number of hydrogen-bond donors (Lipinski definition) is 0. The fraction of sp³-hybridized carbons (Fsp3) is 0.800. The first-order valence-electron chi connectivity index (χ1n) is 8.28. The number of nitrogens with zero attached hydrogens (tertiary/aromatic N) is 5. The fourth-order valence-electron chi connectivity index (χ4n) is 3.05. The molecule has 1 amide bonds. The maximum atomic E-state index is 12.2. The Labute approximate surface area is 131 Å². The molecule has 7 heteroatoms. The monoisotopic (exact) mass is 307 g/mol. The summed E-state index contributed by atoms with van der Waals surface area (Å²) in [5.41, 5.74) is 0. The number of aryl methyl sites for hydroxylation is 1. The summed E-state index contributed by atoms with van der Waals surface area (Å²) in [4.78, 5) is 23.1. The zero-order valence-corrected chi connectivity index (χ0v) is 13.3. The first kappa shape index (κ1) is 15.4. The summed E-state index contributed by atoms with van der Waals surface area (Å²) in [6.45, 7) is 8.91. The second-order valence-corrected chi connectivity index (χ2v) is 6.10. The van der Waals surface area contributed by atoms with Gasteiger partial charge in [-0.05, 0) is 12.8 Å². The maximum Gasteiger partial charge on any atom is 0.240 e. The van der Waals surface area contributed by atoms with Gasteiger partial charge in [-0.25, -0.2) is 0 Å². The first-order valence-corrected chi connectivity index (χ1v) is 8.28. The highest BCUT2D eigenvalue weighted by molar-refractivity contribution is 5.78. The average molecular weight is 307 g/mol. The van der Waals surface area contributed by atoms with Gasteiger partial charge >= 0.3 is 0 Å². The third kappa shape index (κ3) is 3.84. The van der Waals surface area contributed by atoms with E-state index in [9.17, 15) is 4.79 Å². The topological polar surface area (TPSA) is 65.7 Å². The van der Waals surface area contributed by atoms with Crippen molar-refractivity contribution in [1.82, 2.24) is 24.8 Å². The first-order chi connectivity index (χ1) is 10.7. The molecule has 0 saturated carbocycles. The zero-order valence-electron chi connectivity index (χ0n) is 13.3. The molecule has 1 aromatic heterocycles. The van der Waals surface area contributed by atoms with Crippen LogP contribution in [0.1, 0.15) is 31.5 Å². The molecule has 1 aromatic rings. The van der Waals surface area contributed by atoms with E-state index in [2.05, 4.69) is 19.9 Å². The molecule has 22 heavy (non-hydrogen) atoms. The highest BCUT2D eigenvalue weighted by Gasteiger charge is 2.24. The summed E-state index contributed by atoms with van der Waals surface area (Å²) < 4.78 is 5.24. The van der Waals surface area contributed by atoms with Crippen molar-refractivity contribution < 1.29 is 9.32 Å². The highest BCUT2D eigenvalue weighted by atomic mass is 16.5. The molecule has 0 spiro atoms. The molecule has 7 nitrogen and oxygen atoms in total. The number of hydrogen-bond acceptors (Lipinski definition) is 6. The largest absolute Gasteiger partial charge is 0.342 e. The van der Waals surface area contributed by atoms with Crippen molar-refractivity contribution in [1.29, 1.82) is 0 Å². The van der Waals surface area contributed by atoms with Gasteiger partial charge in [-0.3, -0.25) is 14.6 Å². The van der Waals surface area contributed by atoms with Gasteiger partial charge in [-0.2, -0.15) is 4.98 Å². The van der Waals surface area contributed by atoms with Crippen molar-refractivity contribution >= 4 is 5.91 Å². The van der Waals surface area contributed by atoms with Crippen LogP contribution in [0.15, 0.2) is 4.52 Å². The minimum atomic E-state index is 0.287. The summed E-state index contributed by atoms with van der Waals surface area (Å²) in [6, 6.07) is 0. The molecule has 2 aliphatic rings. The van der Waals surface area contributed by atoms with E-state index < -0.39 is 0 Å². The van der Waals surface area contributed by atoms with Gasteiger partial charge < -0.3 is 9.42 Å². The molecule has 0 atom stereocenters. The Bertz CT molecular complexity index is 490. The van der Waals surface area contributed by atoms with Gasteiger partial charge in [0, 0.05) is 45.7 Å². The summed E-state index contributed by atoms with van der Waals surface area (Å²) in [7, 11) is 0. The SMILES string of the molecule is CCc1noc(CN2CCN(CC(=O)N3CCCC3)CC2)n1. The third-order valence-electron chi connectivity index (χ3n) is 4.47. The van der Waals surface area contributed by atoms with Gasteiger partial charge in [-0.1, -0.05) is 12.1 Å².